The highest BCUT2D eigenvalue weighted by Crippen LogP contribution is 1.91. The first-order chi connectivity index (χ1) is 5.29. The molecular weight excluding hydrogens is 140 g/mol. The van der Waals surface area contributed by atoms with Gasteiger partial charge in [-0.1, -0.05) is 6.92 Å². The molecule has 0 unspecified atom stereocenters. The van der Waals surface area contributed by atoms with Crippen molar-refractivity contribution in [2.45, 2.75) is 26.8 Å². The van der Waals surface area contributed by atoms with Crippen molar-refractivity contribution < 1.29 is 0 Å². The van der Waals surface area contributed by atoms with E-state index in [-0.39, 0.29) is 5.56 Å². The van der Waals surface area contributed by atoms with E-state index in [1.165, 1.54) is 6.07 Å². The van der Waals surface area contributed by atoms with Crippen molar-refractivity contribution in [2.75, 3.05) is 0 Å². The van der Waals surface area contributed by atoms with Crippen molar-refractivity contribution >= 4 is 0 Å². The van der Waals surface area contributed by atoms with Crippen LogP contribution in [0, 0.1) is 0 Å². The van der Waals surface area contributed by atoms with E-state index in [9.17, 15) is 4.79 Å². The van der Waals surface area contributed by atoms with Gasteiger partial charge in [0.2, 0.25) is 0 Å². The van der Waals surface area contributed by atoms with E-state index >= 15 is 0 Å². The Labute approximate surface area is 65.7 Å². The summed E-state index contributed by atoms with van der Waals surface area (Å²) in [6.07, 6.45) is 2.37. The largest absolute Gasteiger partial charge is 0.297 e. The summed E-state index contributed by atoms with van der Waals surface area (Å²) in [7, 11) is 0. The molecular formula is C8H12N2O. The van der Waals surface area contributed by atoms with Crippen LogP contribution in [0.25, 0.3) is 0 Å². The average Bonchev–Trinajstić information content (AvgIpc) is 2.04. The van der Waals surface area contributed by atoms with Gasteiger partial charge in [-0.05, 0) is 6.92 Å². The van der Waals surface area contributed by atoms with E-state index in [4.69, 9.17) is 0 Å². The molecule has 0 bridgehead atoms. The van der Waals surface area contributed by atoms with Gasteiger partial charge in [-0.15, -0.1) is 0 Å². The summed E-state index contributed by atoms with van der Waals surface area (Å²) in [6.45, 7) is 4.64. The van der Waals surface area contributed by atoms with Crippen molar-refractivity contribution in [3.05, 3.63) is 28.4 Å². The molecule has 0 aromatic carbocycles. The zero-order valence-corrected chi connectivity index (χ0v) is 6.87. The Morgan fingerprint density at radius 2 is 2.27 bits per heavy atom. The second-order valence-corrected chi connectivity index (χ2v) is 2.30. The van der Waals surface area contributed by atoms with Gasteiger partial charge in [-0.3, -0.25) is 9.36 Å². The summed E-state index contributed by atoms with van der Waals surface area (Å²) < 4.78 is 1.68. The van der Waals surface area contributed by atoms with Crippen LogP contribution in [0.2, 0.25) is 0 Å². The highest BCUT2D eigenvalue weighted by Gasteiger charge is 1.98. The van der Waals surface area contributed by atoms with Crippen LogP contribution in [0.15, 0.2) is 17.1 Å². The lowest BCUT2D eigenvalue weighted by Gasteiger charge is -2.05. The molecule has 1 heterocycles. The number of aromatic nitrogens is 2. The molecule has 3 nitrogen and oxygen atoms in total. The van der Waals surface area contributed by atoms with Gasteiger partial charge in [0.1, 0.15) is 5.82 Å². The number of hydrogen-bond donors (Lipinski definition) is 0. The molecule has 0 aliphatic carbocycles. The monoisotopic (exact) mass is 152 g/mol. The summed E-state index contributed by atoms with van der Waals surface area (Å²) in [4.78, 5) is 15.2. The summed E-state index contributed by atoms with van der Waals surface area (Å²) in [5.74, 6) is 0.861. The molecule has 0 radical (unpaired) electrons. The third-order valence-corrected chi connectivity index (χ3v) is 1.65. The van der Waals surface area contributed by atoms with Gasteiger partial charge in [0.05, 0.1) is 0 Å². The van der Waals surface area contributed by atoms with Crippen molar-refractivity contribution in [2.24, 2.45) is 0 Å². The van der Waals surface area contributed by atoms with Gasteiger partial charge in [0, 0.05) is 25.2 Å². The highest BCUT2D eigenvalue weighted by atomic mass is 16.1. The van der Waals surface area contributed by atoms with Gasteiger partial charge in [-0.25, -0.2) is 4.98 Å². The molecule has 0 amide bonds. The molecule has 11 heavy (non-hydrogen) atoms. The first-order valence-electron chi connectivity index (χ1n) is 3.84. The lowest BCUT2D eigenvalue weighted by atomic mass is 10.4. The third kappa shape index (κ3) is 1.48. The second-order valence-electron chi connectivity index (χ2n) is 2.30. The fraction of sp³-hybridized carbons (Fsp3) is 0.500. The molecule has 0 spiro atoms. The fourth-order valence-corrected chi connectivity index (χ4v) is 1.09. The minimum atomic E-state index is 0.0411. The Hall–Kier alpha value is -1.12. The third-order valence-electron chi connectivity index (χ3n) is 1.65. The Kier molecular flexibility index (Phi) is 2.41. The molecule has 0 aliphatic heterocycles. The maximum atomic E-state index is 11.2. The number of nitrogens with zero attached hydrogens (tertiary/aromatic N) is 2. The van der Waals surface area contributed by atoms with E-state index < -0.39 is 0 Å². The molecule has 1 aromatic rings. The van der Waals surface area contributed by atoms with Crippen LogP contribution in [0.4, 0.5) is 0 Å². The molecule has 0 saturated carbocycles. The standard InChI is InChI=1S/C8H12N2O/c1-3-7-9-6-5-8(11)10(7)4-2/h5-6H,3-4H2,1-2H3. The Balaban J connectivity index is 3.24. The zero-order chi connectivity index (χ0) is 8.27. The second kappa shape index (κ2) is 3.32. The first-order valence-corrected chi connectivity index (χ1v) is 3.84. The summed E-state index contributed by atoms with van der Waals surface area (Å²) in [6, 6.07) is 1.49. The number of aryl methyl sites for hydroxylation is 1. The van der Waals surface area contributed by atoms with Gasteiger partial charge >= 0.3 is 0 Å². The van der Waals surface area contributed by atoms with Crippen LogP contribution in [-0.2, 0) is 13.0 Å². The lowest BCUT2D eigenvalue weighted by molar-refractivity contribution is 0.652. The molecule has 0 saturated heterocycles. The predicted molar refractivity (Wildman–Crippen MR) is 43.5 cm³/mol. The molecule has 60 valence electrons. The molecule has 3 heteroatoms. The van der Waals surface area contributed by atoms with Crippen molar-refractivity contribution in [3.63, 3.8) is 0 Å². The van der Waals surface area contributed by atoms with Gasteiger partial charge < -0.3 is 0 Å². The van der Waals surface area contributed by atoms with Crippen LogP contribution in [0.5, 0.6) is 0 Å². The Bertz CT molecular complexity index is 290. The zero-order valence-electron chi connectivity index (χ0n) is 6.87. The van der Waals surface area contributed by atoms with E-state index in [2.05, 4.69) is 4.98 Å². The predicted octanol–water partition coefficient (Wildman–Crippen LogP) is 0.826. The fourth-order valence-electron chi connectivity index (χ4n) is 1.09. The lowest BCUT2D eigenvalue weighted by Crippen LogP contribution is -2.22. The average molecular weight is 152 g/mol. The minimum absolute atomic E-state index is 0.0411. The van der Waals surface area contributed by atoms with Crippen LogP contribution >= 0.6 is 0 Å². The van der Waals surface area contributed by atoms with E-state index in [1.54, 1.807) is 10.8 Å². The molecule has 0 atom stereocenters. The summed E-state index contributed by atoms with van der Waals surface area (Å²) in [5, 5.41) is 0. The summed E-state index contributed by atoms with van der Waals surface area (Å²) >= 11 is 0. The van der Waals surface area contributed by atoms with Crippen molar-refractivity contribution in [3.8, 4) is 0 Å². The van der Waals surface area contributed by atoms with E-state index in [1.807, 2.05) is 13.8 Å². The van der Waals surface area contributed by atoms with Gasteiger partial charge in [0.25, 0.3) is 5.56 Å². The smallest absolute Gasteiger partial charge is 0.253 e. The number of rotatable bonds is 2. The maximum Gasteiger partial charge on any atom is 0.253 e. The summed E-state index contributed by atoms with van der Waals surface area (Å²) in [5.41, 5.74) is 0.0411. The normalized spacial score (nSPS) is 10.0. The molecule has 0 N–H and O–H groups in total. The van der Waals surface area contributed by atoms with Crippen molar-refractivity contribution in [1.29, 1.82) is 0 Å². The first kappa shape index (κ1) is 7.98. The van der Waals surface area contributed by atoms with Crippen molar-refractivity contribution in [1.82, 2.24) is 9.55 Å². The van der Waals surface area contributed by atoms with Gasteiger partial charge in [-0.2, -0.15) is 0 Å². The minimum Gasteiger partial charge on any atom is -0.297 e. The molecule has 0 aliphatic rings. The van der Waals surface area contributed by atoms with Crippen LogP contribution in [0.3, 0.4) is 0 Å². The Morgan fingerprint density at radius 1 is 1.55 bits per heavy atom. The van der Waals surface area contributed by atoms with Crippen LogP contribution in [0.1, 0.15) is 19.7 Å². The van der Waals surface area contributed by atoms with Crippen LogP contribution < -0.4 is 5.56 Å². The quantitative estimate of drug-likeness (QED) is 0.629. The van der Waals surface area contributed by atoms with Crippen LogP contribution in [-0.4, -0.2) is 9.55 Å². The maximum absolute atomic E-state index is 11.2. The highest BCUT2D eigenvalue weighted by molar-refractivity contribution is 4.92. The van der Waals surface area contributed by atoms with E-state index in [0.717, 1.165) is 12.2 Å². The Morgan fingerprint density at radius 3 is 2.73 bits per heavy atom. The SMILES string of the molecule is CCc1nccc(=O)n1CC. The molecule has 0 fully saturated rings. The number of hydrogen-bond acceptors (Lipinski definition) is 2. The van der Waals surface area contributed by atoms with E-state index in [0.29, 0.717) is 6.54 Å². The molecule has 1 rings (SSSR count). The molecule has 1 aromatic heterocycles. The van der Waals surface area contributed by atoms with Gasteiger partial charge in [0.15, 0.2) is 0 Å². The topological polar surface area (TPSA) is 34.9 Å².